The minimum atomic E-state index is -0.313. The number of carbonyl (C=O) groups is 1. The molecule has 1 fully saturated rings. The van der Waals surface area contributed by atoms with Crippen molar-refractivity contribution in [3.05, 3.63) is 34.1 Å². The molecule has 0 N–H and O–H groups in total. The predicted molar refractivity (Wildman–Crippen MR) is 84.8 cm³/mol. The Morgan fingerprint density at radius 3 is 2.71 bits per heavy atom. The molecule has 0 amide bonds. The van der Waals surface area contributed by atoms with Crippen molar-refractivity contribution in [2.75, 3.05) is 6.61 Å². The van der Waals surface area contributed by atoms with Crippen molar-refractivity contribution < 1.29 is 13.9 Å². The molecule has 1 atom stereocenters. The summed E-state index contributed by atoms with van der Waals surface area (Å²) in [6.45, 7) is 2.48. The van der Waals surface area contributed by atoms with Gasteiger partial charge in [-0.05, 0) is 43.4 Å². The van der Waals surface area contributed by atoms with Crippen LogP contribution in [-0.4, -0.2) is 18.5 Å². The summed E-state index contributed by atoms with van der Waals surface area (Å²) in [6.07, 6.45) is 5.74. The lowest BCUT2D eigenvalue weighted by molar-refractivity contribution is -0.134. The summed E-state index contributed by atoms with van der Waals surface area (Å²) in [7, 11) is 0. The lowest BCUT2D eigenvalue weighted by Crippen LogP contribution is -2.35. The van der Waals surface area contributed by atoms with Gasteiger partial charge in [-0.1, -0.05) is 41.3 Å². The number of benzene rings is 1. The van der Waals surface area contributed by atoms with Gasteiger partial charge in [-0.3, -0.25) is 4.79 Å². The number of ether oxygens (including phenoxy) is 1. The van der Waals surface area contributed by atoms with Crippen molar-refractivity contribution in [2.45, 2.75) is 51.6 Å². The van der Waals surface area contributed by atoms with Crippen LogP contribution in [0.5, 0.6) is 0 Å². The fraction of sp³-hybridized carbons (Fsp3) is 0.588. The fourth-order valence-electron chi connectivity index (χ4n) is 3.06. The highest BCUT2D eigenvalue weighted by Gasteiger charge is 2.30. The van der Waals surface area contributed by atoms with Gasteiger partial charge in [0.1, 0.15) is 11.9 Å². The molecule has 0 heterocycles. The lowest BCUT2D eigenvalue weighted by atomic mass is 9.82. The van der Waals surface area contributed by atoms with E-state index in [0.717, 1.165) is 18.4 Å². The molecule has 1 unspecified atom stereocenters. The second-order valence-corrected chi connectivity index (χ2v) is 6.51. The van der Waals surface area contributed by atoms with Gasteiger partial charge in [0.05, 0.1) is 0 Å². The van der Waals surface area contributed by atoms with Crippen LogP contribution in [0.25, 0.3) is 0 Å². The fourth-order valence-corrected chi connectivity index (χ4v) is 3.55. The summed E-state index contributed by atoms with van der Waals surface area (Å²) in [5, 5.41) is 0. The monoisotopic (exact) mass is 356 g/mol. The third-order valence-electron chi connectivity index (χ3n) is 4.12. The molecule has 4 heteroatoms. The average molecular weight is 357 g/mol. The zero-order chi connectivity index (χ0) is 15.2. The summed E-state index contributed by atoms with van der Waals surface area (Å²) in [6, 6.07) is 4.46. The van der Waals surface area contributed by atoms with Crippen molar-refractivity contribution in [1.29, 1.82) is 0 Å². The van der Waals surface area contributed by atoms with Crippen molar-refractivity contribution in [3.8, 4) is 0 Å². The summed E-state index contributed by atoms with van der Waals surface area (Å²) in [4.78, 5) is 12.6. The van der Waals surface area contributed by atoms with Crippen LogP contribution in [0.3, 0.4) is 0 Å². The largest absolute Gasteiger partial charge is 0.370 e. The van der Waals surface area contributed by atoms with E-state index in [4.69, 9.17) is 4.74 Å². The van der Waals surface area contributed by atoms with Crippen LogP contribution < -0.4 is 0 Å². The van der Waals surface area contributed by atoms with Gasteiger partial charge in [-0.2, -0.15) is 0 Å². The number of hydrogen-bond acceptors (Lipinski definition) is 2. The third-order valence-corrected chi connectivity index (χ3v) is 4.86. The van der Waals surface area contributed by atoms with Gasteiger partial charge in [-0.25, -0.2) is 4.39 Å². The Morgan fingerprint density at radius 2 is 2.10 bits per heavy atom. The number of carbonyl (C=O) groups excluding carboxylic acids is 1. The second-order valence-electron chi connectivity index (χ2n) is 5.65. The first kappa shape index (κ1) is 16.6. The van der Waals surface area contributed by atoms with E-state index in [0.29, 0.717) is 23.4 Å². The van der Waals surface area contributed by atoms with E-state index < -0.39 is 0 Å². The highest BCUT2D eigenvalue weighted by molar-refractivity contribution is 9.10. The van der Waals surface area contributed by atoms with Crippen LogP contribution in [0.4, 0.5) is 4.39 Å². The molecular weight excluding hydrogens is 335 g/mol. The van der Waals surface area contributed by atoms with Gasteiger partial charge in [-0.15, -0.1) is 0 Å². The third kappa shape index (κ3) is 4.62. The number of rotatable bonds is 6. The van der Waals surface area contributed by atoms with E-state index in [1.807, 2.05) is 6.92 Å². The summed E-state index contributed by atoms with van der Waals surface area (Å²) in [5.41, 5.74) is 0.821. The smallest absolute Gasteiger partial charge is 0.166 e. The molecular formula is C17H22BrFO2. The summed E-state index contributed by atoms with van der Waals surface area (Å²) >= 11 is 3.33. The first-order valence-electron chi connectivity index (χ1n) is 7.70. The van der Waals surface area contributed by atoms with Crippen LogP contribution in [0.15, 0.2) is 22.7 Å². The Balaban J connectivity index is 2.07. The van der Waals surface area contributed by atoms with Gasteiger partial charge < -0.3 is 4.74 Å². The molecule has 2 nitrogen and oxygen atoms in total. The van der Waals surface area contributed by atoms with Crippen LogP contribution in [0.1, 0.15) is 44.6 Å². The summed E-state index contributed by atoms with van der Waals surface area (Å²) in [5.74, 6) is 0.146. The van der Waals surface area contributed by atoms with Gasteiger partial charge in [0, 0.05) is 17.5 Å². The van der Waals surface area contributed by atoms with Gasteiger partial charge in [0.2, 0.25) is 0 Å². The maximum atomic E-state index is 13.1. The first-order valence-corrected chi connectivity index (χ1v) is 8.49. The van der Waals surface area contributed by atoms with Crippen molar-refractivity contribution in [1.82, 2.24) is 0 Å². The molecule has 1 aromatic rings. The van der Waals surface area contributed by atoms with Crippen LogP contribution >= 0.6 is 15.9 Å². The minimum absolute atomic E-state index is 0.107. The van der Waals surface area contributed by atoms with E-state index >= 15 is 0 Å². The molecule has 0 aliphatic heterocycles. The van der Waals surface area contributed by atoms with Crippen LogP contribution in [0, 0.1) is 11.7 Å². The van der Waals surface area contributed by atoms with E-state index in [-0.39, 0.29) is 17.7 Å². The zero-order valence-electron chi connectivity index (χ0n) is 12.4. The molecule has 0 bridgehead atoms. The first-order chi connectivity index (χ1) is 10.1. The molecule has 2 rings (SSSR count). The summed E-state index contributed by atoms with van der Waals surface area (Å²) < 4.78 is 19.5. The second kappa shape index (κ2) is 8.04. The van der Waals surface area contributed by atoms with Gasteiger partial charge in [0.15, 0.2) is 5.78 Å². The lowest BCUT2D eigenvalue weighted by Gasteiger charge is -2.29. The molecule has 0 radical (unpaired) electrons. The Kier molecular flexibility index (Phi) is 6.37. The van der Waals surface area contributed by atoms with Crippen molar-refractivity contribution >= 4 is 21.7 Å². The molecule has 0 spiro atoms. The zero-order valence-corrected chi connectivity index (χ0v) is 14.0. The van der Waals surface area contributed by atoms with E-state index in [9.17, 15) is 9.18 Å². The normalized spacial score (nSPS) is 17.7. The Morgan fingerprint density at radius 1 is 1.38 bits per heavy atom. The molecule has 1 aliphatic rings. The van der Waals surface area contributed by atoms with E-state index in [2.05, 4.69) is 15.9 Å². The maximum Gasteiger partial charge on any atom is 0.166 e. The molecule has 1 saturated carbocycles. The Hall–Kier alpha value is -0.740. The van der Waals surface area contributed by atoms with E-state index in [1.54, 1.807) is 6.07 Å². The van der Waals surface area contributed by atoms with Gasteiger partial charge in [0.25, 0.3) is 0 Å². The predicted octanol–water partition coefficient (Wildman–Crippen LogP) is 4.69. The quantitative estimate of drug-likeness (QED) is 0.739. The Labute approximate surface area is 134 Å². The van der Waals surface area contributed by atoms with Crippen LogP contribution in [0.2, 0.25) is 0 Å². The topological polar surface area (TPSA) is 26.3 Å². The average Bonchev–Trinajstić information content (AvgIpc) is 2.48. The number of ketones is 1. The highest BCUT2D eigenvalue weighted by Crippen LogP contribution is 2.29. The standard InChI is InChI=1S/C17H22BrFO2/c1-2-21-17(12-6-4-3-5-7-12)16(20)10-13-8-9-14(19)11-15(13)18/h8-9,11-12,17H,2-7,10H2,1H3. The number of hydrogen-bond donors (Lipinski definition) is 0. The SMILES string of the molecule is CCOC(C(=O)Cc1ccc(F)cc1Br)C1CCCCC1. The van der Waals surface area contributed by atoms with Gasteiger partial charge >= 0.3 is 0 Å². The maximum absolute atomic E-state index is 13.1. The number of Topliss-reactive ketones (excluding diaryl/α,β-unsaturated/α-hetero) is 1. The molecule has 0 aromatic heterocycles. The number of halogens is 2. The molecule has 21 heavy (non-hydrogen) atoms. The van der Waals surface area contributed by atoms with E-state index in [1.165, 1.54) is 31.4 Å². The molecule has 1 aliphatic carbocycles. The van der Waals surface area contributed by atoms with Crippen molar-refractivity contribution in [3.63, 3.8) is 0 Å². The molecule has 0 saturated heterocycles. The highest BCUT2D eigenvalue weighted by atomic mass is 79.9. The van der Waals surface area contributed by atoms with Crippen LogP contribution in [-0.2, 0) is 16.0 Å². The van der Waals surface area contributed by atoms with Crippen molar-refractivity contribution in [2.24, 2.45) is 5.92 Å². The Bertz CT molecular complexity index is 484. The molecule has 116 valence electrons. The minimum Gasteiger partial charge on any atom is -0.370 e. The molecule has 1 aromatic carbocycles.